The average molecular weight is 240 g/mol. The molecule has 0 fully saturated rings. The maximum atomic E-state index is 9.06. The van der Waals surface area contributed by atoms with Gasteiger partial charge in [0.05, 0.1) is 0 Å². The summed E-state index contributed by atoms with van der Waals surface area (Å²) in [5.74, 6) is 0. The van der Waals surface area contributed by atoms with Gasteiger partial charge in [0.1, 0.15) is 0 Å². The summed E-state index contributed by atoms with van der Waals surface area (Å²) in [6.07, 6.45) is 2.88. The molecule has 0 amide bonds. The Labute approximate surface area is 46.0 Å². The van der Waals surface area contributed by atoms with E-state index in [4.69, 9.17) is 5.11 Å². The van der Waals surface area contributed by atoms with E-state index >= 15 is 0 Å². The van der Waals surface area contributed by atoms with E-state index in [-0.39, 0.29) is 21.1 Å². The van der Waals surface area contributed by atoms with E-state index in [1.807, 2.05) is 0 Å². The van der Waals surface area contributed by atoms with Gasteiger partial charge in [-0.05, 0) is 0 Å². The Hall–Kier alpha value is 0.228. The molecule has 0 unspecified atom stereocenters. The predicted octanol–water partition coefficient (Wildman–Crippen LogP) is -0.319. The van der Waals surface area contributed by atoms with E-state index in [1.54, 1.807) is 6.92 Å². The van der Waals surface area contributed by atoms with Crippen molar-refractivity contribution in [2.75, 3.05) is 0 Å². The summed E-state index contributed by atoms with van der Waals surface area (Å²) in [6, 6.07) is 0. The van der Waals surface area contributed by atoms with Gasteiger partial charge in [0, 0.05) is 21.1 Å². The second-order valence-corrected chi connectivity index (χ2v) is 0.407. The van der Waals surface area contributed by atoms with Gasteiger partial charge in [0.25, 0.3) is 0 Å². The molecule has 0 aromatic rings. The molecule has 0 N–H and O–H groups in total. The Morgan fingerprint density at radius 3 is 2.00 bits per heavy atom. The molecule has 0 aliphatic rings. The zero-order valence-electron chi connectivity index (χ0n) is 2.89. The Bertz CT molecular complexity index is 22.1. The van der Waals surface area contributed by atoms with Crippen LogP contribution >= 0.6 is 0 Å². The third-order valence-electron chi connectivity index (χ3n) is 0.118. The summed E-state index contributed by atoms with van der Waals surface area (Å²) in [5, 5.41) is 9.06. The van der Waals surface area contributed by atoms with E-state index in [2.05, 4.69) is 6.08 Å². The zero-order valence-corrected chi connectivity index (χ0v) is 5.83. The summed E-state index contributed by atoms with van der Waals surface area (Å²) in [5.41, 5.74) is 0. The third-order valence-corrected chi connectivity index (χ3v) is 0.118. The predicted molar refractivity (Wildman–Crippen MR) is 13.5 cm³/mol. The topological polar surface area (TPSA) is 23.1 Å². The van der Waals surface area contributed by atoms with Crippen molar-refractivity contribution in [3.8, 4) is 0 Å². The molecule has 0 bridgehead atoms. The molecule has 5 heavy (non-hydrogen) atoms. The Morgan fingerprint density at radius 2 is 2.00 bits per heavy atom. The third kappa shape index (κ3) is 13.9. The molecule has 0 spiro atoms. The van der Waals surface area contributed by atoms with Gasteiger partial charge in [0.15, 0.2) is 0 Å². The van der Waals surface area contributed by atoms with E-state index in [0.717, 1.165) is 0 Å². The van der Waals surface area contributed by atoms with E-state index < -0.39 is 0 Å². The molecule has 1 nitrogen and oxygen atoms in total. The van der Waals surface area contributed by atoms with Crippen LogP contribution < -0.4 is 5.11 Å². The largest absolute Gasteiger partial charge is 0.904 e. The minimum Gasteiger partial charge on any atom is -0.904 e. The molecule has 30 valence electrons. The number of rotatable bonds is 0. The molecule has 0 aliphatic heterocycles. The molecule has 0 aromatic heterocycles. The van der Waals surface area contributed by atoms with Crippen LogP contribution in [0.1, 0.15) is 6.92 Å². The van der Waals surface area contributed by atoms with Crippen molar-refractivity contribution >= 4 is 0 Å². The van der Waals surface area contributed by atoms with Gasteiger partial charge in [-0.2, -0.15) is 6.92 Å². The van der Waals surface area contributed by atoms with Gasteiger partial charge in [-0.1, -0.05) is 0 Å². The van der Waals surface area contributed by atoms with Gasteiger partial charge in [-0.15, -0.1) is 0 Å². The molecular weight excluding hydrogens is 236 g/mol. The van der Waals surface area contributed by atoms with Crippen molar-refractivity contribution < 1.29 is 26.2 Å². The van der Waals surface area contributed by atoms with Crippen molar-refractivity contribution in [1.29, 1.82) is 0 Å². The quantitative estimate of drug-likeness (QED) is 0.420. The van der Waals surface area contributed by atoms with Gasteiger partial charge in [0.2, 0.25) is 0 Å². The van der Waals surface area contributed by atoms with Gasteiger partial charge >= 0.3 is 0 Å². The van der Waals surface area contributed by atoms with Crippen LogP contribution in [-0.2, 0) is 21.1 Å². The summed E-state index contributed by atoms with van der Waals surface area (Å²) in [7, 11) is 0. The van der Waals surface area contributed by atoms with Crippen molar-refractivity contribution in [2.24, 2.45) is 0 Å². The summed E-state index contributed by atoms with van der Waals surface area (Å²) in [6.45, 7) is 1.56. The first-order valence-electron chi connectivity index (χ1n) is 1.02. The first-order valence-corrected chi connectivity index (χ1v) is 1.02. The molecule has 0 heterocycles. The van der Waals surface area contributed by atoms with Crippen molar-refractivity contribution in [3.63, 3.8) is 0 Å². The van der Waals surface area contributed by atoms with Crippen LogP contribution in [0.15, 0.2) is 6.26 Å². The fraction of sp³-hybridized carbons (Fsp3) is 0.333. The summed E-state index contributed by atoms with van der Waals surface area (Å²) < 4.78 is 0. The molecular formula is C3H4OW-2. The first kappa shape index (κ1) is 8.97. The monoisotopic (exact) mass is 240 g/mol. The molecule has 0 saturated heterocycles. The van der Waals surface area contributed by atoms with Crippen molar-refractivity contribution in [2.45, 2.75) is 6.92 Å². The molecule has 0 aromatic carbocycles. The number of hydrogen-bond acceptors (Lipinski definition) is 1. The van der Waals surface area contributed by atoms with Crippen LogP contribution in [0.5, 0.6) is 0 Å². The second kappa shape index (κ2) is 8.87. The van der Waals surface area contributed by atoms with Crippen LogP contribution in [0, 0.1) is 6.08 Å². The van der Waals surface area contributed by atoms with Gasteiger partial charge < -0.3 is 17.4 Å². The van der Waals surface area contributed by atoms with Crippen LogP contribution in [0.25, 0.3) is 0 Å². The molecule has 0 rings (SSSR count). The molecule has 0 atom stereocenters. The number of hydrogen-bond donors (Lipinski definition) is 0. The van der Waals surface area contributed by atoms with Crippen LogP contribution in [0.4, 0.5) is 0 Å². The van der Waals surface area contributed by atoms with E-state index in [1.165, 1.54) is 0 Å². The fourth-order valence-electron chi connectivity index (χ4n) is 0. The van der Waals surface area contributed by atoms with Gasteiger partial charge in [-0.25, -0.2) is 0 Å². The van der Waals surface area contributed by atoms with Crippen LogP contribution in [-0.4, -0.2) is 0 Å². The average Bonchev–Trinajstić information content (AvgIpc) is 1.37. The zero-order chi connectivity index (χ0) is 3.41. The summed E-state index contributed by atoms with van der Waals surface area (Å²) >= 11 is 0. The maximum Gasteiger partial charge on any atom is 0 e. The van der Waals surface area contributed by atoms with E-state index in [0.29, 0.717) is 6.26 Å². The Kier molecular flexibility index (Phi) is 15.9. The van der Waals surface area contributed by atoms with Gasteiger partial charge in [-0.3, -0.25) is 0 Å². The minimum atomic E-state index is 0. The molecule has 2 heteroatoms. The minimum absolute atomic E-state index is 0. The summed E-state index contributed by atoms with van der Waals surface area (Å²) in [4.78, 5) is 0. The SMILES string of the molecule is C[C-]=C[O-].[W]. The van der Waals surface area contributed by atoms with Crippen molar-refractivity contribution in [3.05, 3.63) is 12.3 Å². The fourth-order valence-corrected chi connectivity index (χ4v) is 0. The van der Waals surface area contributed by atoms with Crippen LogP contribution in [0.2, 0.25) is 0 Å². The van der Waals surface area contributed by atoms with E-state index in [9.17, 15) is 0 Å². The number of allylic oxidation sites excluding steroid dienone is 1. The second-order valence-electron chi connectivity index (χ2n) is 0.407. The van der Waals surface area contributed by atoms with Crippen molar-refractivity contribution in [1.82, 2.24) is 0 Å². The smallest absolute Gasteiger partial charge is 0 e. The molecule has 0 radical (unpaired) electrons. The van der Waals surface area contributed by atoms with Crippen LogP contribution in [0.3, 0.4) is 0 Å². The maximum absolute atomic E-state index is 9.06. The first-order chi connectivity index (χ1) is 1.91. The molecule has 0 aliphatic carbocycles. The normalized spacial score (nSPS) is 7.40. The standard InChI is InChI=1S/C3H5O.W/c1-2-3-4;/h3-4H,1H3;/q-1;/p-1. The Morgan fingerprint density at radius 1 is 1.80 bits per heavy atom. The Balaban J connectivity index is 0. The molecule has 0 saturated carbocycles.